The van der Waals surface area contributed by atoms with E-state index in [0.717, 1.165) is 17.3 Å². The number of hydrogen-bond donors (Lipinski definition) is 2. The van der Waals surface area contributed by atoms with Crippen LogP contribution in [0.4, 0.5) is 4.79 Å². The molecular weight excluding hydrogens is 388 g/mol. The van der Waals surface area contributed by atoms with Crippen LogP contribution in [0.2, 0.25) is 0 Å². The van der Waals surface area contributed by atoms with E-state index in [1.54, 1.807) is 22.8 Å². The molecular formula is C21H22N4O3S. The Kier molecular flexibility index (Phi) is 6.66. The van der Waals surface area contributed by atoms with Crippen LogP contribution < -0.4 is 16.2 Å². The number of hydrogen-bond acceptors (Lipinski definition) is 5. The lowest BCUT2D eigenvalue weighted by Gasteiger charge is -2.16. The summed E-state index contributed by atoms with van der Waals surface area (Å²) >= 11 is 1.13. The molecule has 8 heteroatoms. The van der Waals surface area contributed by atoms with Crippen LogP contribution in [0.25, 0.3) is 10.9 Å². The second kappa shape index (κ2) is 9.38. The Morgan fingerprint density at radius 3 is 2.48 bits per heavy atom. The highest BCUT2D eigenvalue weighted by Gasteiger charge is 2.16. The number of carbonyl (C=O) groups is 2. The molecule has 0 saturated heterocycles. The predicted molar refractivity (Wildman–Crippen MR) is 114 cm³/mol. The molecule has 7 nitrogen and oxygen atoms in total. The number of fused-ring (bicyclic) bond motifs is 1. The third-order valence-corrected chi connectivity index (χ3v) is 5.13. The first kappa shape index (κ1) is 20.6. The first-order chi connectivity index (χ1) is 14.0. The van der Waals surface area contributed by atoms with Crippen molar-refractivity contribution in [1.29, 1.82) is 0 Å². The van der Waals surface area contributed by atoms with Crippen LogP contribution in [0.1, 0.15) is 25.5 Å². The van der Waals surface area contributed by atoms with E-state index in [1.165, 1.54) is 0 Å². The van der Waals surface area contributed by atoms with E-state index >= 15 is 0 Å². The Bertz CT molecular complexity index is 1080. The molecule has 0 bridgehead atoms. The number of para-hydroxylation sites is 1. The molecule has 3 aromatic rings. The van der Waals surface area contributed by atoms with E-state index in [1.807, 2.05) is 50.2 Å². The molecule has 1 heterocycles. The minimum atomic E-state index is -0.563. The number of rotatable bonds is 6. The molecule has 0 fully saturated rings. The normalized spacial score (nSPS) is 10.9. The molecule has 0 unspecified atom stereocenters. The summed E-state index contributed by atoms with van der Waals surface area (Å²) in [5.41, 5.74) is 1.37. The third kappa shape index (κ3) is 5.23. The first-order valence-electron chi connectivity index (χ1n) is 9.21. The number of aromatic nitrogens is 2. The maximum atomic E-state index is 12.8. The van der Waals surface area contributed by atoms with Crippen molar-refractivity contribution in [3.05, 3.63) is 70.5 Å². The summed E-state index contributed by atoms with van der Waals surface area (Å²) in [6, 6.07) is 15.8. The average molecular weight is 410 g/mol. The number of urea groups is 1. The lowest BCUT2D eigenvalue weighted by atomic mass is 10.2. The van der Waals surface area contributed by atoms with Crippen molar-refractivity contribution in [3.8, 4) is 0 Å². The highest BCUT2D eigenvalue weighted by molar-refractivity contribution is 7.99. The minimum Gasteiger partial charge on any atom is -0.334 e. The molecule has 0 radical (unpaired) electrons. The Hall–Kier alpha value is -3.13. The smallest absolute Gasteiger partial charge is 0.321 e. The molecule has 0 spiro atoms. The maximum absolute atomic E-state index is 12.8. The summed E-state index contributed by atoms with van der Waals surface area (Å²) in [7, 11) is 0. The van der Waals surface area contributed by atoms with Gasteiger partial charge in [0.15, 0.2) is 5.16 Å². The monoisotopic (exact) mass is 410 g/mol. The molecule has 3 amide bonds. The van der Waals surface area contributed by atoms with Gasteiger partial charge in [0.05, 0.1) is 16.7 Å². The van der Waals surface area contributed by atoms with Crippen LogP contribution in [0.5, 0.6) is 0 Å². The second-order valence-corrected chi connectivity index (χ2v) is 7.63. The van der Waals surface area contributed by atoms with Crippen molar-refractivity contribution in [2.45, 2.75) is 31.6 Å². The fourth-order valence-electron chi connectivity index (χ4n) is 2.80. The quantitative estimate of drug-likeness (QED) is 0.481. The standard InChI is InChI=1S/C21H22N4O3S/c1-14(2)25-19(27)16-10-6-7-11-17(16)23-21(25)29-13-18(26)24-20(28)22-12-15-8-4-3-5-9-15/h3-11,14H,12-13H2,1-2H3,(H2,22,24,26,28). The molecule has 2 aromatic carbocycles. The molecule has 1 aromatic heterocycles. The number of carbonyl (C=O) groups excluding carboxylic acids is 2. The number of amides is 3. The summed E-state index contributed by atoms with van der Waals surface area (Å²) in [4.78, 5) is 41.4. The van der Waals surface area contributed by atoms with Gasteiger partial charge in [-0.3, -0.25) is 19.5 Å². The van der Waals surface area contributed by atoms with Crippen LogP contribution in [0, 0.1) is 0 Å². The number of imide groups is 1. The Morgan fingerprint density at radius 1 is 1.07 bits per heavy atom. The van der Waals surface area contributed by atoms with Gasteiger partial charge in [0.2, 0.25) is 5.91 Å². The van der Waals surface area contributed by atoms with Crippen LogP contribution in [-0.2, 0) is 11.3 Å². The summed E-state index contributed by atoms with van der Waals surface area (Å²) in [6.45, 7) is 4.10. The zero-order valence-electron chi connectivity index (χ0n) is 16.2. The third-order valence-electron chi connectivity index (χ3n) is 4.17. The first-order valence-corrected chi connectivity index (χ1v) is 10.2. The average Bonchev–Trinajstić information content (AvgIpc) is 2.71. The number of nitrogens with one attached hydrogen (secondary N) is 2. The van der Waals surface area contributed by atoms with Crippen molar-refractivity contribution in [1.82, 2.24) is 20.2 Å². The van der Waals surface area contributed by atoms with Gasteiger partial charge in [-0.2, -0.15) is 0 Å². The van der Waals surface area contributed by atoms with E-state index in [0.29, 0.717) is 22.6 Å². The fourth-order valence-corrected chi connectivity index (χ4v) is 3.73. The van der Waals surface area contributed by atoms with Gasteiger partial charge >= 0.3 is 6.03 Å². The van der Waals surface area contributed by atoms with Crippen molar-refractivity contribution >= 4 is 34.6 Å². The van der Waals surface area contributed by atoms with Crippen LogP contribution in [0.3, 0.4) is 0 Å². The number of thioether (sulfide) groups is 1. The number of nitrogens with zero attached hydrogens (tertiary/aromatic N) is 2. The molecule has 150 valence electrons. The van der Waals surface area contributed by atoms with Crippen LogP contribution >= 0.6 is 11.8 Å². The molecule has 0 atom stereocenters. The van der Waals surface area contributed by atoms with Gasteiger partial charge in [0.1, 0.15) is 0 Å². The van der Waals surface area contributed by atoms with Gasteiger partial charge in [-0.1, -0.05) is 54.2 Å². The molecule has 2 N–H and O–H groups in total. The van der Waals surface area contributed by atoms with Gasteiger partial charge in [-0.25, -0.2) is 9.78 Å². The second-order valence-electron chi connectivity index (χ2n) is 6.69. The van der Waals surface area contributed by atoms with Gasteiger partial charge in [-0.05, 0) is 31.5 Å². The predicted octanol–water partition coefficient (Wildman–Crippen LogP) is 3.10. The highest BCUT2D eigenvalue weighted by Crippen LogP contribution is 2.20. The Morgan fingerprint density at radius 2 is 1.76 bits per heavy atom. The van der Waals surface area contributed by atoms with Gasteiger partial charge < -0.3 is 5.32 Å². The molecule has 0 saturated carbocycles. The summed E-state index contributed by atoms with van der Waals surface area (Å²) in [5, 5.41) is 5.92. The Balaban J connectivity index is 1.63. The fraction of sp³-hybridized carbons (Fsp3) is 0.238. The van der Waals surface area contributed by atoms with Crippen molar-refractivity contribution < 1.29 is 9.59 Å². The molecule has 29 heavy (non-hydrogen) atoms. The van der Waals surface area contributed by atoms with Gasteiger partial charge in [0.25, 0.3) is 5.56 Å². The van der Waals surface area contributed by atoms with Crippen molar-refractivity contribution in [2.75, 3.05) is 5.75 Å². The van der Waals surface area contributed by atoms with Crippen LogP contribution in [-0.4, -0.2) is 27.2 Å². The summed E-state index contributed by atoms with van der Waals surface area (Å²) < 4.78 is 1.57. The zero-order chi connectivity index (χ0) is 20.8. The topological polar surface area (TPSA) is 93.1 Å². The largest absolute Gasteiger partial charge is 0.334 e. The Labute approximate surface area is 172 Å². The van der Waals surface area contributed by atoms with E-state index in [9.17, 15) is 14.4 Å². The number of benzene rings is 2. The van der Waals surface area contributed by atoms with Gasteiger partial charge in [0, 0.05) is 12.6 Å². The molecule has 0 aliphatic carbocycles. The van der Waals surface area contributed by atoms with Crippen molar-refractivity contribution in [2.24, 2.45) is 0 Å². The summed E-state index contributed by atoms with van der Waals surface area (Å²) in [5.74, 6) is -0.491. The molecule has 0 aliphatic heterocycles. The lowest BCUT2D eigenvalue weighted by Crippen LogP contribution is -2.40. The van der Waals surface area contributed by atoms with Gasteiger partial charge in [-0.15, -0.1) is 0 Å². The highest BCUT2D eigenvalue weighted by atomic mass is 32.2. The SMILES string of the molecule is CC(C)n1c(SCC(=O)NC(=O)NCc2ccccc2)nc2ccccc2c1=O. The molecule has 3 rings (SSSR count). The zero-order valence-corrected chi connectivity index (χ0v) is 17.0. The van der Waals surface area contributed by atoms with E-state index < -0.39 is 11.9 Å². The lowest BCUT2D eigenvalue weighted by molar-refractivity contribution is -0.117. The van der Waals surface area contributed by atoms with Crippen LogP contribution in [0.15, 0.2) is 64.5 Å². The van der Waals surface area contributed by atoms with E-state index in [2.05, 4.69) is 15.6 Å². The van der Waals surface area contributed by atoms with E-state index in [-0.39, 0.29) is 17.4 Å². The van der Waals surface area contributed by atoms with E-state index in [4.69, 9.17) is 0 Å². The minimum absolute atomic E-state index is 0.0315. The van der Waals surface area contributed by atoms with Crippen molar-refractivity contribution in [3.63, 3.8) is 0 Å². The summed E-state index contributed by atoms with van der Waals surface area (Å²) in [6.07, 6.45) is 0. The maximum Gasteiger partial charge on any atom is 0.321 e. The molecule has 0 aliphatic rings.